The van der Waals surface area contributed by atoms with Gasteiger partial charge in [0.1, 0.15) is 5.01 Å². The molecule has 2 amide bonds. The van der Waals surface area contributed by atoms with Crippen LogP contribution in [0.3, 0.4) is 0 Å². The Bertz CT molecular complexity index is 634. The Hall–Kier alpha value is -1.43. The van der Waals surface area contributed by atoms with Gasteiger partial charge in [-0.15, -0.1) is 11.3 Å². The van der Waals surface area contributed by atoms with Gasteiger partial charge in [0.15, 0.2) is 0 Å². The molecule has 0 atom stereocenters. The molecule has 0 radical (unpaired) electrons. The number of carbonyl (C=O) groups is 2. The Morgan fingerprint density at radius 2 is 1.76 bits per heavy atom. The first kappa shape index (κ1) is 17.0. The highest BCUT2D eigenvalue weighted by molar-refractivity contribution is 7.09. The summed E-state index contributed by atoms with van der Waals surface area (Å²) in [6.45, 7) is 2.43. The van der Waals surface area contributed by atoms with Gasteiger partial charge in [-0.2, -0.15) is 0 Å². The van der Waals surface area contributed by atoms with Crippen molar-refractivity contribution in [1.29, 1.82) is 0 Å². The Balaban J connectivity index is 1.22. The first-order valence-corrected chi connectivity index (χ1v) is 10.3. The Morgan fingerprint density at radius 3 is 2.32 bits per heavy atom. The highest BCUT2D eigenvalue weighted by Gasteiger charge is 2.51. The molecular formula is C19H27N3O2S. The minimum atomic E-state index is -0.147. The molecule has 25 heavy (non-hydrogen) atoms. The monoisotopic (exact) mass is 361 g/mol. The molecule has 0 saturated heterocycles. The Labute approximate surface area is 153 Å². The lowest BCUT2D eigenvalue weighted by Gasteiger charge is -2.56. The van der Waals surface area contributed by atoms with Crippen molar-refractivity contribution in [3.8, 4) is 0 Å². The number of rotatable bonds is 6. The van der Waals surface area contributed by atoms with Crippen molar-refractivity contribution < 1.29 is 9.59 Å². The van der Waals surface area contributed by atoms with Crippen LogP contribution in [0.4, 0.5) is 0 Å². The molecule has 4 saturated carbocycles. The van der Waals surface area contributed by atoms with Crippen LogP contribution in [0.1, 0.15) is 55.6 Å². The smallest absolute Gasteiger partial charge is 0.239 e. The number of carbonyl (C=O) groups excluding carboxylic acids is 2. The number of thiazole rings is 1. The maximum absolute atomic E-state index is 12.4. The van der Waals surface area contributed by atoms with E-state index in [2.05, 4.69) is 15.6 Å². The van der Waals surface area contributed by atoms with Crippen LogP contribution in [0.25, 0.3) is 0 Å². The number of nitrogens with zero attached hydrogens (tertiary/aromatic N) is 1. The van der Waals surface area contributed by atoms with Crippen molar-refractivity contribution in [2.75, 3.05) is 6.54 Å². The molecular weight excluding hydrogens is 334 g/mol. The minimum absolute atomic E-state index is 0.0437. The summed E-state index contributed by atoms with van der Waals surface area (Å²) in [5, 5.41) is 8.51. The van der Waals surface area contributed by atoms with Crippen molar-refractivity contribution >= 4 is 23.2 Å². The lowest BCUT2D eigenvalue weighted by molar-refractivity contribution is -0.131. The standard InChI is InChI=1S/C19H27N3O2S/c1-12-11-25-18(22-12)10-21-17(24)9-20-16(23)8-19-5-13-2-14(6-19)4-15(3-13)7-19/h11,13-15H,2-10H2,1H3,(H,20,23)(H,21,24). The molecule has 4 bridgehead atoms. The number of amides is 2. The van der Waals surface area contributed by atoms with E-state index in [4.69, 9.17) is 0 Å². The van der Waals surface area contributed by atoms with Crippen LogP contribution in [0.15, 0.2) is 5.38 Å². The molecule has 6 heteroatoms. The molecule has 1 aromatic rings. The second-order valence-electron chi connectivity index (χ2n) is 8.53. The van der Waals surface area contributed by atoms with Gasteiger partial charge in [-0.3, -0.25) is 9.59 Å². The molecule has 4 fully saturated rings. The summed E-state index contributed by atoms with van der Waals surface area (Å²) in [6.07, 6.45) is 8.44. The largest absolute Gasteiger partial charge is 0.348 e. The van der Waals surface area contributed by atoms with Gasteiger partial charge in [-0.1, -0.05) is 0 Å². The van der Waals surface area contributed by atoms with Crippen LogP contribution in [-0.2, 0) is 16.1 Å². The summed E-state index contributed by atoms with van der Waals surface area (Å²) in [6, 6.07) is 0. The van der Waals surface area contributed by atoms with Crippen LogP contribution in [0.2, 0.25) is 0 Å². The third-order valence-electron chi connectivity index (χ3n) is 6.25. The predicted molar refractivity (Wildman–Crippen MR) is 96.9 cm³/mol. The third-order valence-corrected chi connectivity index (χ3v) is 7.22. The fraction of sp³-hybridized carbons (Fsp3) is 0.737. The van der Waals surface area contributed by atoms with Crippen molar-refractivity contribution in [3.05, 3.63) is 16.1 Å². The van der Waals surface area contributed by atoms with E-state index in [0.717, 1.165) is 28.5 Å². The maximum Gasteiger partial charge on any atom is 0.239 e. The summed E-state index contributed by atoms with van der Waals surface area (Å²) in [5.74, 6) is 2.45. The average molecular weight is 362 g/mol. The second kappa shape index (κ2) is 6.71. The number of aromatic nitrogens is 1. The SMILES string of the molecule is Cc1csc(CNC(=O)CNC(=O)CC23CC4CC(CC(C4)C2)C3)n1. The predicted octanol–water partition coefficient (Wildman–Crippen LogP) is 2.79. The molecule has 4 aliphatic carbocycles. The zero-order valence-electron chi connectivity index (χ0n) is 14.8. The van der Waals surface area contributed by atoms with E-state index in [0.29, 0.717) is 13.0 Å². The molecule has 2 N–H and O–H groups in total. The van der Waals surface area contributed by atoms with E-state index in [9.17, 15) is 9.59 Å². The van der Waals surface area contributed by atoms with Gasteiger partial charge in [0.2, 0.25) is 11.8 Å². The Kier molecular flexibility index (Phi) is 4.56. The Morgan fingerprint density at radius 1 is 1.12 bits per heavy atom. The van der Waals surface area contributed by atoms with E-state index >= 15 is 0 Å². The summed E-state index contributed by atoms with van der Waals surface area (Å²) >= 11 is 1.54. The molecule has 5 rings (SSSR count). The average Bonchev–Trinajstić information content (AvgIpc) is 2.94. The van der Waals surface area contributed by atoms with Gasteiger partial charge < -0.3 is 10.6 Å². The van der Waals surface area contributed by atoms with E-state index in [1.54, 1.807) is 0 Å². The molecule has 136 valence electrons. The third kappa shape index (κ3) is 3.89. The number of aryl methyl sites for hydroxylation is 1. The summed E-state index contributed by atoms with van der Waals surface area (Å²) in [5.41, 5.74) is 1.20. The van der Waals surface area contributed by atoms with Gasteiger partial charge in [-0.25, -0.2) is 4.98 Å². The zero-order chi connectivity index (χ0) is 17.4. The molecule has 4 aliphatic rings. The number of hydrogen-bond acceptors (Lipinski definition) is 4. The van der Waals surface area contributed by atoms with Crippen molar-refractivity contribution in [2.45, 2.75) is 58.4 Å². The lowest BCUT2D eigenvalue weighted by atomic mass is 9.49. The van der Waals surface area contributed by atoms with Crippen LogP contribution < -0.4 is 10.6 Å². The molecule has 0 unspecified atom stereocenters. The fourth-order valence-electron chi connectivity index (χ4n) is 5.81. The van der Waals surface area contributed by atoms with Gasteiger partial charge in [0, 0.05) is 17.5 Å². The molecule has 0 aliphatic heterocycles. The molecule has 1 heterocycles. The van der Waals surface area contributed by atoms with Crippen LogP contribution in [0.5, 0.6) is 0 Å². The minimum Gasteiger partial charge on any atom is -0.348 e. The molecule has 0 spiro atoms. The molecule has 1 aromatic heterocycles. The van der Waals surface area contributed by atoms with Crippen molar-refractivity contribution in [3.63, 3.8) is 0 Å². The van der Waals surface area contributed by atoms with Gasteiger partial charge in [0.05, 0.1) is 13.1 Å². The lowest BCUT2D eigenvalue weighted by Crippen LogP contribution is -2.48. The normalized spacial score (nSPS) is 32.6. The summed E-state index contributed by atoms with van der Waals surface area (Å²) in [7, 11) is 0. The van der Waals surface area contributed by atoms with Crippen molar-refractivity contribution in [1.82, 2.24) is 15.6 Å². The highest BCUT2D eigenvalue weighted by atomic mass is 32.1. The first-order chi connectivity index (χ1) is 12.0. The summed E-state index contributed by atoms with van der Waals surface area (Å²) in [4.78, 5) is 28.7. The van der Waals surface area contributed by atoms with E-state index in [-0.39, 0.29) is 23.8 Å². The van der Waals surface area contributed by atoms with Gasteiger partial charge in [-0.05, 0) is 68.6 Å². The van der Waals surface area contributed by atoms with E-state index in [1.807, 2.05) is 12.3 Å². The molecule has 0 aromatic carbocycles. The van der Waals surface area contributed by atoms with E-state index in [1.165, 1.54) is 49.9 Å². The van der Waals surface area contributed by atoms with Crippen LogP contribution in [0, 0.1) is 30.1 Å². The topological polar surface area (TPSA) is 71.1 Å². The fourth-order valence-corrected chi connectivity index (χ4v) is 6.52. The maximum atomic E-state index is 12.4. The van der Waals surface area contributed by atoms with E-state index < -0.39 is 0 Å². The van der Waals surface area contributed by atoms with Crippen LogP contribution >= 0.6 is 11.3 Å². The summed E-state index contributed by atoms with van der Waals surface area (Å²) < 4.78 is 0. The highest BCUT2D eigenvalue weighted by Crippen LogP contribution is 2.61. The van der Waals surface area contributed by atoms with Gasteiger partial charge in [0.25, 0.3) is 0 Å². The van der Waals surface area contributed by atoms with Crippen molar-refractivity contribution in [2.24, 2.45) is 23.2 Å². The second-order valence-corrected chi connectivity index (χ2v) is 9.47. The molecule has 5 nitrogen and oxygen atoms in total. The van der Waals surface area contributed by atoms with Gasteiger partial charge >= 0.3 is 0 Å². The first-order valence-electron chi connectivity index (χ1n) is 9.44. The quantitative estimate of drug-likeness (QED) is 0.818. The zero-order valence-corrected chi connectivity index (χ0v) is 15.7. The number of hydrogen-bond donors (Lipinski definition) is 2. The van der Waals surface area contributed by atoms with Crippen LogP contribution in [-0.4, -0.2) is 23.3 Å². The number of nitrogens with one attached hydrogen (secondary N) is 2.